The monoisotopic (exact) mass is 242 g/mol. The molecule has 1 heterocycles. The number of hydrogen-bond acceptors (Lipinski definition) is 2. The molecular formula is C12H22N2O3. The molecule has 1 fully saturated rings. The maximum Gasteiger partial charge on any atom is 0.329 e. The minimum Gasteiger partial charge on any atom is -0.480 e. The number of carbonyl (C=O) groups excluding carboxylic acids is 1. The van der Waals surface area contributed by atoms with E-state index in [0.29, 0.717) is 19.5 Å². The van der Waals surface area contributed by atoms with Crippen molar-refractivity contribution in [2.45, 2.75) is 52.1 Å². The molecule has 98 valence electrons. The molecule has 1 N–H and O–H groups in total. The number of carboxylic acid groups (broad SMARTS) is 1. The normalized spacial score (nSPS) is 24.2. The van der Waals surface area contributed by atoms with Crippen LogP contribution in [0.1, 0.15) is 40.5 Å². The maximum absolute atomic E-state index is 12.3. The lowest BCUT2D eigenvalue weighted by atomic mass is 9.99. The van der Waals surface area contributed by atoms with Gasteiger partial charge >= 0.3 is 12.0 Å². The van der Waals surface area contributed by atoms with Gasteiger partial charge in [-0.1, -0.05) is 0 Å². The molecule has 5 heteroatoms. The lowest BCUT2D eigenvalue weighted by Gasteiger charge is -2.37. The Bertz CT molecular complexity index is 317. The van der Waals surface area contributed by atoms with Gasteiger partial charge in [-0.15, -0.1) is 0 Å². The molecule has 0 aromatic rings. The highest BCUT2D eigenvalue weighted by Gasteiger charge is 2.47. The third kappa shape index (κ3) is 2.37. The summed E-state index contributed by atoms with van der Waals surface area (Å²) in [6, 6.07) is -0.0731. The van der Waals surface area contributed by atoms with Gasteiger partial charge < -0.3 is 14.9 Å². The average Bonchev–Trinajstić information content (AvgIpc) is 2.62. The average molecular weight is 242 g/mol. The molecule has 0 spiro atoms. The third-order valence-corrected chi connectivity index (χ3v) is 3.54. The number of carboxylic acids is 1. The highest BCUT2D eigenvalue weighted by atomic mass is 16.4. The first-order valence-corrected chi connectivity index (χ1v) is 6.16. The summed E-state index contributed by atoms with van der Waals surface area (Å²) in [6.45, 7) is 8.55. The van der Waals surface area contributed by atoms with Crippen LogP contribution < -0.4 is 0 Å². The predicted molar refractivity (Wildman–Crippen MR) is 64.9 cm³/mol. The van der Waals surface area contributed by atoms with Crippen LogP contribution in [0, 0.1) is 0 Å². The zero-order chi connectivity index (χ0) is 13.2. The molecule has 0 radical (unpaired) electrons. The lowest BCUT2D eigenvalue weighted by molar-refractivity contribution is -0.147. The van der Waals surface area contributed by atoms with Crippen molar-refractivity contribution in [1.29, 1.82) is 0 Å². The molecule has 1 unspecified atom stereocenters. The van der Waals surface area contributed by atoms with Crippen molar-refractivity contribution >= 4 is 12.0 Å². The van der Waals surface area contributed by atoms with E-state index in [0.717, 1.165) is 6.42 Å². The minimum absolute atomic E-state index is 0.0890. The molecule has 5 nitrogen and oxygen atoms in total. The van der Waals surface area contributed by atoms with Crippen LogP contribution in [-0.4, -0.2) is 51.6 Å². The van der Waals surface area contributed by atoms with Crippen LogP contribution in [0.25, 0.3) is 0 Å². The zero-order valence-corrected chi connectivity index (χ0v) is 11.1. The SMILES string of the molecule is CCN(C(=O)N1CCCC1(C)C(=O)O)C(C)C. The molecule has 0 aromatic carbocycles. The van der Waals surface area contributed by atoms with E-state index in [4.69, 9.17) is 0 Å². The Hall–Kier alpha value is -1.26. The van der Waals surface area contributed by atoms with E-state index in [1.807, 2.05) is 20.8 Å². The standard InChI is InChI=1S/C12H22N2O3/c1-5-13(9(2)3)11(17)14-8-6-7-12(14,4)10(15)16/h9H,5-8H2,1-4H3,(H,15,16). The Morgan fingerprint density at radius 3 is 2.47 bits per heavy atom. The van der Waals surface area contributed by atoms with Gasteiger partial charge in [-0.05, 0) is 40.5 Å². The maximum atomic E-state index is 12.3. The summed E-state index contributed by atoms with van der Waals surface area (Å²) in [5.41, 5.74) is -1.04. The summed E-state index contributed by atoms with van der Waals surface area (Å²) in [5, 5.41) is 9.27. The topological polar surface area (TPSA) is 60.9 Å². The summed E-state index contributed by atoms with van der Waals surface area (Å²) in [6.07, 6.45) is 1.29. The van der Waals surface area contributed by atoms with Gasteiger partial charge in [0.05, 0.1) is 0 Å². The van der Waals surface area contributed by atoms with Gasteiger partial charge in [-0.25, -0.2) is 9.59 Å². The van der Waals surface area contributed by atoms with Crippen LogP contribution in [0.2, 0.25) is 0 Å². The smallest absolute Gasteiger partial charge is 0.329 e. The van der Waals surface area contributed by atoms with Gasteiger partial charge in [0.15, 0.2) is 0 Å². The Labute approximate surface area is 102 Å². The molecule has 1 saturated heterocycles. The first-order valence-electron chi connectivity index (χ1n) is 6.16. The highest BCUT2D eigenvalue weighted by Crippen LogP contribution is 2.30. The zero-order valence-electron chi connectivity index (χ0n) is 11.1. The molecule has 0 bridgehead atoms. The summed E-state index contributed by atoms with van der Waals surface area (Å²) in [5.74, 6) is -0.914. The summed E-state index contributed by atoms with van der Waals surface area (Å²) in [4.78, 5) is 26.8. The molecular weight excluding hydrogens is 220 g/mol. The fourth-order valence-corrected chi connectivity index (χ4v) is 2.37. The molecule has 0 aliphatic carbocycles. The first-order chi connectivity index (χ1) is 7.84. The quantitative estimate of drug-likeness (QED) is 0.820. The first kappa shape index (κ1) is 13.8. The van der Waals surface area contributed by atoms with Crippen molar-refractivity contribution in [3.05, 3.63) is 0 Å². The van der Waals surface area contributed by atoms with E-state index >= 15 is 0 Å². The van der Waals surface area contributed by atoms with Crippen molar-refractivity contribution in [3.63, 3.8) is 0 Å². The number of carbonyl (C=O) groups is 2. The van der Waals surface area contributed by atoms with Crippen LogP contribution in [0.15, 0.2) is 0 Å². The van der Waals surface area contributed by atoms with Gasteiger partial charge in [0.2, 0.25) is 0 Å². The molecule has 1 atom stereocenters. The highest BCUT2D eigenvalue weighted by molar-refractivity contribution is 5.86. The van der Waals surface area contributed by atoms with Crippen LogP contribution >= 0.6 is 0 Å². The Balaban J connectivity index is 2.92. The van der Waals surface area contributed by atoms with Crippen LogP contribution in [0.4, 0.5) is 4.79 Å². The number of urea groups is 1. The summed E-state index contributed by atoms with van der Waals surface area (Å²) >= 11 is 0. The summed E-state index contributed by atoms with van der Waals surface area (Å²) < 4.78 is 0. The lowest BCUT2D eigenvalue weighted by Crippen LogP contribution is -2.56. The van der Waals surface area contributed by atoms with E-state index < -0.39 is 11.5 Å². The minimum atomic E-state index is -1.04. The molecule has 1 rings (SSSR count). The van der Waals surface area contributed by atoms with Crippen molar-refractivity contribution in [3.8, 4) is 0 Å². The van der Waals surface area contributed by atoms with Gasteiger partial charge in [0.1, 0.15) is 5.54 Å². The summed E-state index contributed by atoms with van der Waals surface area (Å²) in [7, 11) is 0. The van der Waals surface area contributed by atoms with E-state index in [-0.39, 0.29) is 12.1 Å². The van der Waals surface area contributed by atoms with Crippen LogP contribution in [0.5, 0.6) is 0 Å². The third-order valence-electron chi connectivity index (χ3n) is 3.54. The predicted octanol–water partition coefficient (Wildman–Crippen LogP) is 1.78. The molecule has 2 amide bonds. The van der Waals surface area contributed by atoms with E-state index in [2.05, 4.69) is 0 Å². The van der Waals surface area contributed by atoms with E-state index in [1.165, 1.54) is 4.90 Å². The number of aliphatic carboxylic acids is 1. The second-order valence-electron chi connectivity index (χ2n) is 5.00. The Morgan fingerprint density at radius 2 is 2.06 bits per heavy atom. The second kappa shape index (κ2) is 4.94. The van der Waals surface area contributed by atoms with Gasteiger partial charge in [-0.2, -0.15) is 0 Å². The molecule has 1 aliphatic heterocycles. The number of nitrogens with zero attached hydrogens (tertiary/aromatic N) is 2. The van der Waals surface area contributed by atoms with Crippen LogP contribution in [0.3, 0.4) is 0 Å². The largest absolute Gasteiger partial charge is 0.480 e. The Kier molecular flexibility index (Phi) is 4.01. The molecule has 0 aromatic heterocycles. The molecule has 1 aliphatic rings. The second-order valence-corrected chi connectivity index (χ2v) is 5.00. The van der Waals surface area contributed by atoms with Crippen LogP contribution in [-0.2, 0) is 4.79 Å². The fraction of sp³-hybridized carbons (Fsp3) is 0.833. The number of rotatable bonds is 3. The van der Waals surface area contributed by atoms with Crippen molar-refractivity contribution in [2.24, 2.45) is 0 Å². The van der Waals surface area contributed by atoms with E-state index in [9.17, 15) is 14.7 Å². The van der Waals surface area contributed by atoms with Gasteiger partial charge in [-0.3, -0.25) is 0 Å². The fourth-order valence-electron chi connectivity index (χ4n) is 2.37. The van der Waals surface area contributed by atoms with Gasteiger partial charge in [0, 0.05) is 19.1 Å². The molecule has 0 saturated carbocycles. The number of likely N-dealkylation sites (tertiary alicyclic amines) is 1. The van der Waals surface area contributed by atoms with Crippen molar-refractivity contribution in [1.82, 2.24) is 9.80 Å². The van der Waals surface area contributed by atoms with Gasteiger partial charge in [0.25, 0.3) is 0 Å². The number of amides is 2. The number of hydrogen-bond donors (Lipinski definition) is 1. The molecule has 17 heavy (non-hydrogen) atoms. The van der Waals surface area contributed by atoms with Crippen molar-refractivity contribution in [2.75, 3.05) is 13.1 Å². The van der Waals surface area contributed by atoms with E-state index in [1.54, 1.807) is 11.8 Å². The Morgan fingerprint density at radius 1 is 1.47 bits per heavy atom. The van der Waals surface area contributed by atoms with Crippen molar-refractivity contribution < 1.29 is 14.7 Å².